The van der Waals surface area contributed by atoms with Crippen molar-refractivity contribution in [2.45, 2.75) is 6.92 Å². The highest BCUT2D eigenvalue weighted by molar-refractivity contribution is 6.07. The molecule has 140 valence electrons. The van der Waals surface area contributed by atoms with Crippen molar-refractivity contribution >= 4 is 11.7 Å². The van der Waals surface area contributed by atoms with Gasteiger partial charge in [-0.25, -0.2) is 0 Å². The van der Waals surface area contributed by atoms with Crippen molar-refractivity contribution in [3.8, 4) is 28.4 Å². The SMILES string of the molecule is COc1ccc(-c2c(NC(=O)c3ccccc3OC)n[nH]c2C)cc1OC. The van der Waals surface area contributed by atoms with Crippen molar-refractivity contribution in [2.24, 2.45) is 0 Å². The summed E-state index contributed by atoms with van der Waals surface area (Å²) in [5.74, 6) is 1.84. The van der Waals surface area contributed by atoms with E-state index < -0.39 is 0 Å². The van der Waals surface area contributed by atoms with Gasteiger partial charge < -0.3 is 19.5 Å². The summed E-state index contributed by atoms with van der Waals surface area (Å²) < 4.78 is 15.9. The Kier molecular flexibility index (Phi) is 5.30. The molecule has 0 fully saturated rings. The summed E-state index contributed by atoms with van der Waals surface area (Å²) in [6.45, 7) is 1.89. The van der Waals surface area contributed by atoms with E-state index in [2.05, 4.69) is 15.5 Å². The van der Waals surface area contributed by atoms with Crippen LogP contribution in [-0.4, -0.2) is 37.4 Å². The maximum atomic E-state index is 12.7. The molecule has 7 heteroatoms. The van der Waals surface area contributed by atoms with E-state index in [4.69, 9.17) is 14.2 Å². The van der Waals surface area contributed by atoms with E-state index in [1.807, 2.05) is 31.2 Å². The number of hydrogen-bond donors (Lipinski definition) is 2. The fraction of sp³-hybridized carbons (Fsp3) is 0.200. The van der Waals surface area contributed by atoms with Gasteiger partial charge in [-0.3, -0.25) is 9.89 Å². The first kappa shape index (κ1) is 18.3. The standard InChI is InChI=1S/C20H21N3O4/c1-12-18(13-9-10-16(26-3)17(11-13)27-4)19(23-22-12)21-20(24)14-7-5-6-8-15(14)25-2/h5-11H,1-4H3,(H2,21,22,23,24). The van der Waals surface area contributed by atoms with Crippen LogP contribution in [0.5, 0.6) is 17.2 Å². The van der Waals surface area contributed by atoms with Gasteiger partial charge in [0.2, 0.25) is 0 Å². The Morgan fingerprint density at radius 1 is 0.963 bits per heavy atom. The Morgan fingerprint density at radius 2 is 1.67 bits per heavy atom. The number of carbonyl (C=O) groups is 1. The van der Waals surface area contributed by atoms with Gasteiger partial charge in [-0.2, -0.15) is 5.10 Å². The van der Waals surface area contributed by atoms with E-state index in [1.165, 1.54) is 7.11 Å². The molecule has 7 nitrogen and oxygen atoms in total. The number of para-hydroxylation sites is 1. The van der Waals surface area contributed by atoms with Crippen LogP contribution in [0.25, 0.3) is 11.1 Å². The summed E-state index contributed by atoms with van der Waals surface area (Å²) in [6, 6.07) is 12.6. The molecule has 3 aromatic rings. The average Bonchev–Trinajstić information content (AvgIpc) is 3.07. The van der Waals surface area contributed by atoms with Gasteiger partial charge in [-0.15, -0.1) is 0 Å². The normalized spacial score (nSPS) is 10.4. The lowest BCUT2D eigenvalue weighted by Crippen LogP contribution is -2.14. The molecule has 0 saturated carbocycles. The highest BCUT2D eigenvalue weighted by atomic mass is 16.5. The third-order valence-corrected chi connectivity index (χ3v) is 4.20. The van der Waals surface area contributed by atoms with Crippen molar-refractivity contribution in [3.63, 3.8) is 0 Å². The molecule has 0 aliphatic rings. The number of rotatable bonds is 6. The number of nitrogens with one attached hydrogen (secondary N) is 2. The molecule has 0 aliphatic heterocycles. The zero-order chi connectivity index (χ0) is 19.4. The number of H-pyrrole nitrogens is 1. The van der Waals surface area contributed by atoms with E-state index in [0.717, 1.165) is 16.8 Å². The second-order valence-corrected chi connectivity index (χ2v) is 5.80. The van der Waals surface area contributed by atoms with Crippen LogP contribution in [0.2, 0.25) is 0 Å². The number of nitrogens with zero attached hydrogens (tertiary/aromatic N) is 1. The molecular formula is C20H21N3O4. The van der Waals surface area contributed by atoms with Crippen LogP contribution < -0.4 is 19.5 Å². The molecule has 0 spiro atoms. The number of anilines is 1. The summed E-state index contributed by atoms with van der Waals surface area (Å²) in [4.78, 5) is 12.7. The molecule has 0 unspecified atom stereocenters. The highest BCUT2D eigenvalue weighted by Crippen LogP contribution is 2.36. The minimum atomic E-state index is -0.305. The molecule has 0 saturated heterocycles. The number of aromatic amines is 1. The van der Waals surface area contributed by atoms with Crippen molar-refractivity contribution < 1.29 is 19.0 Å². The molecule has 2 N–H and O–H groups in total. The van der Waals surface area contributed by atoms with Gasteiger partial charge in [0, 0.05) is 11.3 Å². The van der Waals surface area contributed by atoms with E-state index in [-0.39, 0.29) is 5.91 Å². The lowest BCUT2D eigenvalue weighted by atomic mass is 10.0. The van der Waals surface area contributed by atoms with Gasteiger partial charge >= 0.3 is 0 Å². The van der Waals surface area contributed by atoms with E-state index in [9.17, 15) is 4.79 Å². The minimum absolute atomic E-state index is 0.305. The average molecular weight is 367 g/mol. The number of ether oxygens (including phenoxy) is 3. The molecule has 3 rings (SSSR count). The van der Waals surface area contributed by atoms with Crippen molar-refractivity contribution in [1.82, 2.24) is 10.2 Å². The van der Waals surface area contributed by atoms with Gasteiger partial charge in [0.1, 0.15) is 5.75 Å². The lowest BCUT2D eigenvalue weighted by Gasteiger charge is -2.11. The number of aromatic nitrogens is 2. The summed E-state index contributed by atoms with van der Waals surface area (Å²) in [5, 5.41) is 10.0. The van der Waals surface area contributed by atoms with Crippen LogP contribution in [-0.2, 0) is 0 Å². The van der Waals surface area contributed by atoms with Gasteiger partial charge in [0.15, 0.2) is 17.3 Å². The Labute approximate surface area is 157 Å². The maximum Gasteiger partial charge on any atom is 0.260 e. The summed E-state index contributed by atoms with van der Waals surface area (Å²) in [6.07, 6.45) is 0. The zero-order valence-electron chi connectivity index (χ0n) is 15.6. The van der Waals surface area contributed by atoms with Crippen molar-refractivity contribution in [1.29, 1.82) is 0 Å². The number of hydrogen-bond acceptors (Lipinski definition) is 5. The molecule has 27 heavy (non-hydrogen) atoms. The molecule has 0 bridgehead atoms. The third-order valence-electron chi connectivity index (χ3n) is 4.20. The van der Waals surface area contributed by atoms with Crippen LogP contribution in [0.15, 0.2) is 42.5 Å². The molecule has 0 atom stereocenters. The van der Waals surface area contributed by atoms with Crippen LogP contribution in [0.4, 0.5) is 5.82 Å². The first-order chi connectivity index (χ1) is 13.1. The number of amides is 1. The van der Waals surface area contributed by atoms with Crippen LogP contribution in [0.1, 0.15) is 16.1 Å². The second kappa shape index (κ2) is 7.82. The monoisotopic (exact) mass is 367 g/mol. The van der Waals surface area contributed by atoms with Gasteiger partial charge in [0.25, 0.3) is 5.91 Å². The largest absolute Gasteiger partial charge is 0.496 e. The lowest BCUT2D eigenvalue weighted by molar-refractivity contribution is 0.102. The van der Waals surface area contributed by atoms with E-state index in [1.54, 1.807) is 32.4 Å². The van der Waals surface area contributed by atoms with Crippen LogP contribution in [0.3, 0.4) is 0 Å². The van der Waals surface area contributed by atoms with E-state index >= 15 is 0 Å². The van der Waals surface area contributed by atoms with Gasteiger partial charge in [-0.1, -0.05) is 18.2 Å². The molecule has 2 aromatic carbocycles. The molecule has 1 heterocycles. The van der Waals surface area contributed by atoms with Crippen molar-refractivity contribution in [3.05, 3.63) is 53.7 Å². The molecular weight excluding hydrogens is 346 g/mol. The number of carbonyl (C=O) groups excluding carboxylic acids is 1. The zero-order valence-corrected chi connectivity index (χ0v) is 15.6. The minimum Gasteiger partial charge on any atom is -0.496 e. The fourth-order valence-corrected chi connectivity index (χ4v) is 2.87. The summed E-state index contributed by atoms with van der Waals surface area (Å²) in [5.41, 5.74) is 2.87. The Hall–Kier alpha value is -3.48. The van der Waals surface area contributed by atoms with Crippen molar-refractivity contribution in [2.75, 3.05) is 26.6 Å². The quantitative estimate of drug-likeness (QED) is 0.694. The fourth-order valence-electron chi connectivity index (χ4n) is 2.87. The molecule has 0 aliphatic carbocycles. The van der Waals surface area contributed by atoms with Crippen LogP contribution in [0, 0.1) is 6.92 Å². The van der Waals surface area contributed by atoms with Gasteiger partial charge in [0.05, 0.1) is 26.9 Å². The summed E-state index contributed by atoms with van der Waals surface area (Å²) >= 11 is 0. The van der Waals surface area contributed by atoms with Gasteiger partial charge in [-0.05, 0) is 36.8 Å². The first-order valence-corrected chi connectivity index (χ1v) is 8.30. The maximum absolute atomic E-state index is 12.7. The van der Waals surface area contributed by atoms with Crippen LogP contribution >= 0.6 is 0 Å². The highest BCUT2D eigenvalue weighted by Gasteiger charge is 2.19. The first-order valence-electron chi connectivity index (χ1n) is 8.30. The number of aryl methyl sites for hydroxylation is 1. The Balaban J connectivity index is 1.97. The summed E-state index contributed by atoms with van der Waals surface area (Å²) in [7, 11) is 4.69. The van der Waals surface area contributed by atoms with E-state index in [0.29, 0.717) is 28.6 Å². The smallest absolute Gasteiger partial charge is 0.260 e. The Morgan fingerprint density at radius 3 is 2.37 bits per heavy atom. The predicted molar refractivity (Wildman–Crippen MR) is 103 cm³/mol. The number of methoxy groups -OCH3 is 3. The predicted octanol–water partition coefficient (Wildman–Crippen LogP) is 3.66. The molecule has 1 aromatic heterocycles. The Bertz CT molecular complexity index is 966. The third kappa shape index (κ3) is 3.57. The molecule has 0 radical (unpaired) electrons. The topological polar surface area (TPSA) is 85.5 Å². The second-order valence-electron chi connectivity index (χ2n) is 5.80. The number of benzene rings is 2. The molecule has 1 amide bonds.